The molecule has 0 saturated carbocycles. The van der Waals surface area contributed by atoms with Gasteiger partial charge in [0.15, 0.2) is 0 Å². The number of nitrogens with one attached hydrogen (secondary N) is 1. The van der Waals surface area contributed by atoms with E-state index in [-0.39, 0.29) is 0 Å². The van der Waals surface area contributed by atoms with Crippen LogP contribution in [0.3, 0.4) is 0 Å². The average molecular weight is 363 g/mol. The maximum absolute atomic E-state index is 5.90. The second kappa shape index (κ2) is 7.33. The van der Waals surface area contributed by atoms with Crippen LogP contribution in [-0.4, -0.2) is 28.1 Å². The summed E-state index contributed by atoms with van der Waals surface area (Å²) in [6.07, 6.45) is 5.07. The van der Waals surface area contributed by atoms with E-state index in [9.17, 15) is 0 Å². The van der Waals surface area contributed by atoms with Crippen molar-refractivity contribution in [2.75, 3.05) is 18.3 Å². The lowest BCUT2D eigenvalue weighted by Crippen LogP contribution is -2.03. The molecule has 24 heavy (non-hydrogen) atoms. The predicted molar refractivity (Wildman–Crippen MR) is 97.1 cm³/mol. The Kier molecular flexibility index (Phi) is 4.97. The fourth-order valence-electron chi connectivity index (χ4n) is 2.10. The number of hydrazone groups is 1. The fraction of sp³-hybridized carbons (Fsp3) is 0.133. The van der Waals surface area contributed by atoms with E-state index < -0.39 is 0 Å². The average Bonchev–Trinajstić information content (AvgIpc) is 3.16. The molecule has 3 N–H and O–H groups in total. The molecule has 2 aromatic heterocycles. The van der Waals surface area contributed by atoms with Crippen molar-refractivity contribution in [2.24, 2.45) is 5.10 Å². The Morgan fingerprint density at radius 2 is 2.38 bits per heavy atom. The molecule has 0 amide bonds. The molecule has 0 radical (unpaired) electrons. The molecule has 7 nitrogen and oxygen atoms in total. The third kappa shape index (κ3) is 4.03. The lowest BCUT2D eigenvalue weighted by molar-refractivity contribution is 0.407. The van der Waals surface area contributed by atoms with Crippen molar-refractivity contribution in [3.05, 3.63) is 52.1 Å². The first-order chi connectivity index (χ1) is 11.6. The number of benzene rings is 1. The van der Waals surface area contributed by atoms with Gasteiger partial charge >= 0.3 is 0 Å². The first-order valence-corrected chi connectivity index (χ1v) is 8.25. The van der Waals surface area contributed by atoms with Crippen LogP contribution in [0.4, 0.5) is 10.9 Å². The van der Waals surface area contributed by atoms with E-state index >= 15 is 0 Å². The van der Waals surface area contributed by atoms with Crippen molar-refractivity contribution >= 4 is 40.1 Å². The molecule has 0 saturated heterocycles. The topological polar surface area (TPSA) is 90.4 Å². The van der Waals surface area contributed by atoms with Crippen LogP contribution in [0.2, 0.25) is 5.02 Å². The minimum absolute atomic E-state index is 0.474. The molecule has 124 valence electrons. The van der Waals surface area contributed by atoms with Gasteiger partial charge in [-0.15, -0.1) is 11.3 Å². The summed E-state index contributed by atoms with van der Waals surface area (Å²) in [5, 5.41) is 11.3. The first-order valence-electron chi connectivity index (χ1n) is 6.99. The van der Waals surface area contributed by atoms with Crippen LogP contribution in [-0.2, 0) is 6.54 Å². The number of nitrogen functional groups attached to an aromatic ring is 1. The Balaban J connectivity index is 1.75. The molecule has 0 aliphatic carbocycles. The van der Waals surface area contributed by atoms with Gasteiger partial charge < -0.3 is 10.5 Å². The summed E-state index contributed by atoms with van der Waals surface area (Å²) in [5.74, 6) is 1.25. The van der Waals surface area contributed by atoms with Crippen LogP contribution in [0, 0.1) is 0 Å². The quantitative estimate of drug-likeness (QED) is 0.519. The highest BCUT2D eigenvalue weighted by molar-refractivity contribution is 7.14. The van der Waals surface area contributed by atoms with E-state index in [1.54, 1.807) is 35.8 Å². The zero-order chi connectivity index (χ0) is 16.9. The summed E-state index contributed by atoms with van der Waals surface area (Å²) in [6, 6.07) is 5.79. The van der Waals surface area contributed by atoms with Crippen molar-refractivity contribution in [3.63, 3.8) is 0 Å². The van der Waals surface area contributed by atoms with Crippen molar-refractivity contribution in [3.8, 4) is 5.75 Å². The summed E-state index contributed by atoms with van der Waals surface area (Å²) >= 11 is 7.30. The Morgan fingerprint density at radius 3 is 3.04 bits per heavy atom. The number of rotatable bonds is 6. The van der Waals surface area contributed by atoms with Crippen LogP contribution in [0.5, 0.6) is 5.75 Å². The van der Waals surface area contributed by atoms with Gasteiger partial charge in [-0.1, -0.05) is 11.6 Å². The summed E-state index contributed by atoms with van der Waals surface area (Å²) < 4.78 is 7.15. The van der Waals surface area contributed by atoms with Crippen molar-refractivity contribution in [2.45, 2.75) is 6.54 Å². The van der Waals surface area contributed by atoms with Crippen molar-refractivity contribution in [1.82, 2.24) is 14.8 Å². The number of halogens is 1. The number of ether oxygens (including phenoxy) is 1. The zero-order valence-electron chi connectivity index (χ0n) is 12.8. The molecule has 0 spiro atoms. The van der Waals surface area contributed by atoms with Crippen LogP contribution < -0.4 is 15.9 Å². The number of hydrogen-bond acceptors (Lipinski definition) is 7. The lowest BCUT2D eigenvalue weighted by Gasteiger charge is -2.09. The molecule has 0 atom stereocenters. The Hall–Kier alpha value is -2.58. The van der Waals surface area contributed by atoms with Gasteiger partial charge in [-0.25, -0.2) is 4.98 Å². The van der Waals surface area contributed by atoms with Gasteiger partial charge in [0.25, 0.3) is 0 Å². The summed E-state index contributed by atoms with van der Waals surface area (Å²) in [5.41, 5.74) is 10.3. The first kappa shape index (κ1) is 16.3. The molecule has 0 unspecified atom stereocenters. The lowest BCUT2D eigenvalue weighted by atomic mass is 10.1. The molecule has 0 fully saturated rings. The minimum Gasteiger partial charge on any atom is -0.496 e. The number of thiazole rings is 1. The van der Waals surface area contributed by atoms with Gasteiger partial charge in [0.2, 0.25) is 5.13 Å². The van der Waals surface area contributed by atoms with E-state index in [2.05, 4.69) is 20.6 Å². The molecule has 0 aliphatic heterocycles. The molecule has 2 heterocycles. The molecular weight excluding hydrogens is 348 g/mol. The van der Waals surface area contributed by atoms with E-state index in [1.807, 2.05) is 18.2 Å². The van der Waals surface area contributed by atoms with Crippen LogP contribution in [0.15, 0.2) is 41.1 Å². The number of nitrogens with two attached hydrogens (primary N) is 1. The van der Waals surface area contributed by atoms with Crippen LogP contribution in [0.25, 0.3) is 0 Å². The number of nitrogens with zero attached hydrogens (tertiary/aromatic N) is 4. The second-order valence-electron chi connectivity index (χ2n) is 4.87. The molecule has 9 heteroatoms. The van der Waals surface area contributed by atoms with Gasteiger partial charge in [-0.05, 0) is 23.8 Å². The zero-order valence-corrected chi connectivity index (χ0v) is 14.4. The van der Waals surface area contributed by atoms with Crippen molar-refractivity contribution < 1.29 is 4.74 Å². The number of aromatic nitrogens is 3. The third-order valence-corrected chi connectivity index (χ3v) is 4.09. The molecule has 3 aromatic rings. The van der Waals surface area contributed by atoms with Gasteiger partial charge in [0.05, 0.1) is 31.1 Å². The Morgan fingerprint density at radius 1 is 1.50 bits per heavy atom. The van der Waals surface area contributed by atoms with Crippen LogP contribution >= 0.6 is 22.9 Å². The second-order valence-corrected chi connectivity index (χ2v) is 6.17. The normalized spacial score (nSPS) is 11.1. The smallest absolute Gasteiger partial charge is 0.205 e. The highest BCUT2D eigenvalue weighted by Gasteiger charge is 2.06. The Bertz CT molecular complexity index is 859. The van der Waals surface area contributed by atoms with Gasteiger partial charge in [0, 0.05) is 17.1 Å². The third-order valence-electron chi connectivity index (χ3n) is 3.13. The number of anilines is 2. The van der Waals surface area contributed by atoms with Crippen LogP contribution in [0.1, 0.15) is 11.1 Å². The molecular formula is C15H15ClN6OS. The SMILES string of the molecule is COc1ccc(C=NNc2nc(N)cs2)cc1Cn1cc(Cl)cn1. The standard InChI is InChI=1S/C15H15ClN6OS/c1-23-13-3-2-10(5-18-21-15-20-14(17)9-24-15)4-11(13)7-22-8-12(16)6-19-22/h2-6,8-9H,7,17H2,1H3,(H,20,21). The molecule has 1 aromatic carbocycles. The van der Waals surface area contributed by atoms with Crippen molar-refractivity contribution in [1.29, 1.82) is 0 Å². The maximum Gasteiger partial charge on any atom is 0.205 e. The maximum atomic E-state index is 5.90. The van der Waals surface area contributed by atoms with E-state index in [0.717, 1.165) is 16.9 Å². The predicted octanol–water partition coefficient (Wildman–Crippen LogP) is 3.08. The van der Waals surface area contributed by atoms with E-state index in [0.29, 0.717) is 22.5 Å². The van der Waals surface area contributed by atoms with E-state index in [1.165, 1.54) is 11.3 Å². The number of methoxy groups -OCH3 is 1. The summed E-state index contributed by atoms with van der Waals surface area (Å²) in [4.78, 5) is 4.07. The molecule has 0 bridgehead atoms. The number of hydrogen-bond donors (Lipinski definition) is 2. The monoisotopic (exact) mass is 362 g/mol. The largest absolute Gasteiger partial charge is 0.496 e. The van der Waals surface area contributed by atoms with E-state index in [4.69, 9.17) is 22.1 Å². The van der Waals surface area contributed by atoms with Gasteiger partial charge in [-0.2, -0.15) is 10.2 Å². The highest BCUT2D eigenvalue weighted by Crippen LogP contribution is 2.21. The summed E-state index contributed by atoms with van der Waals surface area (Å²) in [7, 11) is 1.64. The fourth-order valence-corrected chi connectivity index (χ4v) is 2.81. The van der Waals surface area contributed by atoms with Gasteiger partial charge in [0.1, 0.15) is 11.6 Å². The Labute approximate surface area is 147 Å². The van der Waals surface area contributed by atoms with Gasteiger partial charge in [-0.3, -0.25) is 10.1 Å². The highest BCUT2D eigenvalue weighted by atomic mass is 35.5. The minimum atomic E-state index is 0.474. The summed E-state index contributed by atoms with van der Waals surface area (Å²) in [6.45, 7) is 0.550. The molecule has 0 aliphatic rings. The molecule has 3 rings (SSSR count).